The van der Waals surface area contributed by atoms with Crippen molar-refractivity contribution in [3.63, 3.8) is 0 Å². The van der Waals surface area contributed by atoms with Gasteiger partial charge in [0.2, 0.25) is 0 Å². The minimum absolute atomic E-state index is 0.0364. The standard InChI is InChI=1S/C27H33NO4/c1-19-10-20(2)12-23(11-19)18-32-17-22-5-3-4-21(13-22)8-9-28-15-27(31)24-6-7-26(30)25(14-24)16-29/h3-7,10-14,27-31H,8-9,15-18H2,1-2H3. The number of hydrogen-bond donors (Lipinski definition) is 4. The predicted octanol–water partition coefficient (Wildman–Crippen LogP) is 4.08. The second-order valence-electron chi connectivity index (χ2n) is 8.32. The molecule has 0 amide bonds. The highest BCUT2D eigenvalue weighted by atomic mass is 16.5. The van der Waals surface area contributed by atoms with Crippen molar-refractivity contribution in [2.75, 3.05) is 13.1 Å². The Morgan fingerprint density at radius 3 is 2.34 bits per heavy atom. The smallest absolute Gasteiger partial charge is 0.121 e. The maximum Gasteiger partial charge on any atom is 0.121 e. The van der Waals surface area contributed by atoms with Gasteiger partial charge < -0.3 is 25.4 Å². The van der Waals surface area contributed by atoms with E-state index in [1.54, 1.807) is 12.1 Å². The molecular weight excluding hydrogens is 402 g/mol. The fourth-order valence-corrected chi connectivity index (χ4v) is 3.84. The lowest BCUT2D eigenvalue weighted by atomic mass is 10.0. The zero-order valence-electron chi connectivity index (χ0n) is 18.8. The lowest BCUT2D eigenvalue weighted by Gasteiger charge is -2.14. The first-order valence-corrected chi connectivity index (χ1v) is 11.0. The first-order chi connectivity index (χ1) is 15.4. The van der Waals surface area contributed by atoms with Gasteiger partial charge in [-0.15, -0.1) is 0 Å². The number of phenols is 1. The van der Waals surface area contributed by atoms with Crippen LogP contribution in [0.2, 0.25) is 0 Å². The van der Waals surface area contributed by atoms with Crippen LogP contribution in [0.3, 0.4) is 0 Å². The van der Waals surface area contributed by atoms with E-state index >= 15 is 0 Å². The lowest BCUT2D eigenvalue weighted by molar-refractivity contribution is 0.107. The highest BCUT2D eigenvalue weighted by Crippen LogP contribution is 2.22. The maximum atomic E-state index is 10.4. The third-order valence-corrected chi connectivity index (χ3v) is 5.40. The van der Waals surface area contributed by atoms with Crippen LogP contribution >= 0.6 is 0 Å². The van der Waals surface area contributed by atoms with E-state index in [9.17, 15) is 15.3 Å². The summed E-state index contributed by atoms with van der Waals surface area (Å²) >= 11 is 0. The van der Waals surface area contributed by atoms with Crippen molar-refractivity contribution in [2.24, 2.45) is 0 Å². The van der Waals surface area contributed by atoms with E-state index in [0.717, 1.165) is 18.5 Å². The first kappa shape index (κ1) is 24.0. The minimum Gasteiger partial charge on any atom is -0.508 e. The number of rotatable bonds is 11. The molecule has 0 aliphatic heterocycles. The topological polar surface area (TPSA) is 82.0 Å². The van der Waals surface area contributed by atoms with Crippen LogP contribution < -0.4 is 5.32 Å². The summed E-state index contributed by atoms with van der Waals surface area (Å²) in [4.78, 5) is 0. The van der Waals surface area contributed by atoms with Crippen molar-refractivity contribution in [1.29, 1.82) is 0 Å². The molecule has 0 aliphatic rings. The van der Waals surface area contributed by atoms with Crippen molar-refractivity contribution < 1.29 is 20.1 Å². The molecule has 1 unspecified atom stereocenters. The summed E-state index contributed by atoms with van der Waals surface area (Å²) in [7, 11) is 0. The molecule has 0 fully saturated rings. The Morgan fingerprint density at radius 1 is 0.875 bits per heavy atom. The monoisotopic (exact) mass is 435 g/mol. The van der Waals surface area contributed by atoms with Gasteiger partial charge in [-0.2, -0.15) is 0 Å². The van der Waals surface area contributed by atoms with Crippen LogP contribution in [0.4, 0.5) is 0 Å². The van der Waals surface area contributed by atoms with Gasteiger partial charge in [-0.05, 0) is 61.2 Å². The second-order valence-corrected chi connectivity index (χ2v) is 8.32. The predicted molar refractivity (Wildman–Crippen MR) is 126 cm³/mol. The Morgan fingerprint density at radius 2 is 1.59 bits per heavy atom. The molecule has 0 aromatic heterocycles. The summed E-state index contributed by atoms with van der Waals surface area (Å²) in [6.07, 6.45) is 0.139. The third-order valence-electron chi connectivity index (χ3n) is 5.40. The Bertz CT molecular complexity index is 998. The van der Waals surface area contributed by atoms with E-state index in [1.807, 2.05) is 6.07 Å². The summed E-state index contributed by atoms with van der Waals surface area (Å²) in [6.45, 7) is 6.24. The minimum atomic E-state index is -0.703. The zero-order chi connectivity index (χ0) is 22.9. The van der Waals surface area contributed by atoms with Crippen LogP contribution in [-0.2, 0) is 31.0 Å². The number of benzene rings is 3. The first-order valence-electron chi connectivity index (χ1n) is 11.0. The fourth-order valence-electron chi connectivity index (χ4n) is 3.84. The van der Waals surface area contributed by atoms with Gasteiger partial charge in [-0.1, -0.05) is 59.7 Å². The van der Waals surface area contributed by atoms with Gasteiger partial charge in [0.05, 0.1) is 25.9 Å². The van der Waals surface area contributed by atoms with E-state index in [-0.39, 0.29) is 12.4 Å². The molecule has 170 valence electrons. The number of hydrogen-bond acceptors (Lipinski definition) is 5. The van der Waals surface area contributed by atoms with Gasteiger partial charge in [0, 0.05) is 12.1 Å². The van der Waals surface area contributed by atoms with Gasteiger partial charge in [0.25, 0.3) is 0 Å². The van der Waals surface area contributed by atoms with E-state index in [4.69, 9.17) is 4.74 Å². The second kappa shape index (κ2) is 11.8. The van der Waals surface area contributed by atoms with Gasteiger partial charge >= 0.3 is 0 Å². The maximum absolute atomic E-state index is 10.4. The quantitative estimate of drug-likeness (QED) is 0.341. The SMILES string of the molecule is Cc1cc(C)cc(COCc2cccc(CCNCC(O)c3ccc(O)c(CO)c3)c2)c1. The molecule has 5 heteroatoms. The molecular formula is C27H33NO4. The Kier molecular flexibility index (Phi) is 8.82. The van der Waals surface area contributed by atoms with E-state index in [1.165, 1.54) is 28.3 Å². The van der Waals surface area contributed by atoms with Crippen LogP contribution in [0.1, 0.15) is 45.0 Å². The average Bonchev–Trinajstić information content (AvgIpc) is 2.76. The Labute approximate surface area is 190 Å². The van der Waals surface area contributed by atoms with Crippen molar-refractivity contribution in [3.8, 4) is 5.75 Å². The number of ether oxygens (including phenoxy) is 1. The number of aryl methyl sites for hydroxylation is 2. The molecule has 0 saturated carbocycles. The van der Waals surface area contributed by atoms with Gasteiger partial charge in [0.1, 0.15) is 5.75 Å². The van der Waals surface area contributed by atoms with E-state index in [0.29, 0.717) is 30.9 Å². The molecule has 0 bridgehead atoms. The molecule has 0 spiro atoms. The van der Waals surface area contributed by atoms with Crippen molar-refractivity contribution >= 4 is 0 Å². The molecule has 0 heterocycles. The normalized spacial score (nSPS) is 12.1. The molecule has 3 aromatic rings. The average molecular weight is 436 g/mol. The molecule has 32 heavy (non-hydrogen) atoms. The number of aromatic hydroxyl groups is 1. The fraction of sp³-hybridized carbons (Fsp3) is 0.333. The van der Waals surface area contributed by atoms with Gasteiger partial charge in [0.15, 0.2) is 0 Å². The van der Waals surface area contributed by atoms with E-state index < -0.39 is 6.10 Å². The number of nitrogens with one attached hydrogen (secondary N) is 1. The van der Waals surface area contributed by atoms with Gasteiger partial charge in [-0.3, -0.25) is 0 Å². The van der Waals surface area contributed by atoms with Crippen LogP contribution in [0, 0.1) is 13.8 Å². The molecule has 0 radical (unpaired) electrons. The van der Waals surface area contributed by atoms with E-state index in [2.05, 4.69) is 55.6 Å². The third kappa shape index (κ3) is 7.18. The number of aliphatic hydroxyl groups excluding tert-OH is 2. The zero-order valence-corrected chi connectivity index (χ0v) is 18.8. The summed E-state index contributed by atoms with van der Waals surface area (Å²) in [5.74, 6) is 0.0364. The summed E-state index contributed by atoms with van der Waals surface area (Å²) in [5.41, 5.74) is 7.14. The lowest BCUT2D eigenvalue weighted by Crippen LogP contribution is -2.23. The molecule has 3 rings (SSSR count). The van der Waals surface area contributed by atoms with Crippen LogP contribution in [0.15, 0.2) is 60.7 Å². The molecule has 4 N–H and O–H groups in total. The molecule has 0 saturated heterocycles. The Balaban J connectivity index is 1.42. The molecule has 3 aromatic carbocycles. The summed E-state index contributed by atoms with van der Waals surface area (Å²) in [6, 6.07) is 19.7. The largest absolute Gasteiger partial charge is 0.508 e. The van der Waals surface area contributed by atoms with Crippen molar-refractivity contribution in [2.45, 2.75) is 46.2 Å². The van der Waals surface area contributed by atoms with Crippen molar-refractivity contribution in [3.05, 3.63) is 99.6 Å². The molecule has 1 atom stereocenters. The highest BCUT2D eigenvalue weighted by molar-refractivity contribution is 5.36. The van der Waals surface area contributed by atoms with Crippen LogP contribution in [0.25, 0.3) is 0 Å². The van der Waals surface area contributed by atoms with Crippen molar-refractivity contribution in [1.82, 2.24) is 5.32 Å². The van der Waals surface area contributed by atoms with Gasteiger partial charge in [-0.25, -0.2) is 0 Å². The molecule has 0 aliphatic carbocycles. The van der Waals surface area contributed by atoms with Crippen LogP contribution in [0.5, 0.6) is 5.75 Å². The van der Waals surface area contributed by atoms with Crippen LogP contribution in [-0.4, -0.2) is 28.4 Å². The highest BCUT2D eigenvalue weighted by Gasteiger charge is 2.10. The Hall–Kier alpha value is -2.70. The summed E-state index contributed by atoms with van der Waals surface area (Å²) < 4.78 is 5.92. The summed E-state index contributed by atoms with van der Waals surface area (Å²) in [5, 5.41) is 32.5. The molecule has 5 nitrogen and oxygen atoms in total. The number of aliphatic hydroxyl groups is 2.